The van der Waals surface area contributed by atoms with Gasteiger partial charge >= 0.3 is 0 Å². The van der Waals surface area contributed by atoms with Gasteiger partial charge in [0.1, 0.15) is 0 Å². The van der Waals surface area contributed by atoms with Crippen LogP contribution in [0.15, 0.2) is 18.6 Å². The third-order valence-corrected chi connectivity index (χ3v) is 3.34. The zero-order valence-corrected chi connectivity index (χ0v) is 10.2. The molecule has 3 heterocycles. The summed E-state index contributed by atoms with van der Waals surface area (Å²) >= 11 is 0. The van der Waals surface area contributed by atoms with Gasteiger partial charge in [0.25, 0.3) is 0 Å². The number of pyridine rings is 1. The lowest BCUT2D eigenvalue weighted by atomic mass is 9.97. The van der Waals surface area contributed by atoms with Crippen LogP contribution in [0.1, 0.15) is 23.6 Å². The van der Waals surface area contributed by atoms with Gasteiger partial charge in [-0.3, -0.25) is 4.98 Å². The normalized spacial score (nSPS) is 19.3. The smallest absolute Gasteiger partial charge is 0.0962 e. The molecule has 6 heteroatoms. The van der Waals surface area contributed by atoms with Crippen molar-refractivity contribution in [3.63, 3.8) is 0 Å². The van der Waals surface area contributed by atoms with Crippen molar-refractivity contribution < 1.29 is 4.74 Å². The molecule has 3 rings (SSSR count). The number of ether oxygens (including phenoxy) is 1. The van der Waals surface area contributed by atoms with Gasteiger partial charge in [0.2, 0.25) is 0 Å². The van der Waals surface area contributed by atoms with Gasteiger partial charge in [-0.05, 0) is 13.3 Å². The van der Waals surface area contributed by atoms with E-state index in [9.17, 15) is 0 Å². The summed E-state index contributed by atoms with van der Waals surface area (Å²) in [5, 5.41) is 7.88. The molecule has 6 nitrogen and oxygen atoms in total. The Labute approximate surface area is 105 Å². The van der Waals surface area contributed by atoms with Crippen molar-refractivity contribution in [1.29, 1.82) is 0 Å². The molecule has 1 unspecified atom stereocenters. The van der Waals surface area contributed by atoms with E-state index in [-0.39, 0.29) is 0 Å². The van der Waals surface area contributed by atoms with E-state index in [2.05, 4.69) is 15.3 Å². The fourth-order valence-corrected chi connectivity index (χ4v) is 2.29. The Kier molecular flexibility index (Phi) is 2.71. The highest BCUT2D eigenvalue weighted by molar-refractivity contribution is 5.64. The Morgan fingerprint density at radius 1 is 1.50 bits per heavy atom. The Hall–Kier alpha value is -1.95. The number of nitrogen functional groups attached to an aromatic ring is 1. The van der Waals surface area contributed by atoms with Crippen LogP contribution in [0, 0.1) is 6.92 Å². The van der Waals surface area contributed by atoms with Gasteiger partial charge < -0.3 is 10.5 Å². The quantitative estimate of drug-likeness (QED) is 0.855. The first kappa shape index (κ1) is 11.2. The molecule has 2 N–H and O–H groups in total. The third kappa shape index (κ3) is 1.74. The Morgan fingerprint density at radius 2 is 2.39 bits per heavy atom. The van der Waals surface area contributed by atoms with Crippen LogP contribution < -0.4 is 5.73 Å². The van der Waals surface area contributed by atoms with Crippen molar-refractivity contribution in [3.8, 4) is 5.69 Å². The molecule has 0 amide bonds. The Balaban J connectivity index is 2.16. The Bertz CT molecular complexity index is 546. The molecular weight excluding hydrogens is 230 g/mol. The zero-order valence-electron chi connectivity index (χ0n) is 10.2. The molecule has 0 aliphatic carbocycles. The van der Waals surface area contributed by atoms with Crippen LogP contribution in [0.5, 0.6) is 0 Å². The number of aromatic nitrogens is 4. The maximum absolute atomic E-state index is 6.15. The molecule has 1 aliphatic heterocycles. The number of anilines is 1. The van der Waals surface area contributed by atoms with Crippen molar-refractivity contribution in [1.82, 2.24) is 20.0 Å². The lowest BCUT2D eigenvalue weighted by Crippen LogP contribution is -2.11. The minimum Gasteiger partial charge on any atom is -0.395 e. The maximum atomic E-state index is 6.15. The molecule has 1 aliphatic rings. The second kappa shape index (κ2) is 4.38. The van der Waals surface area contributed by atoms with Crippen molar-refractivity contribution in [2.24, 2.45) is 0 Å². The fraction of sp³-hybridized carbons (Fsp3) is 0.417. The average Bonchev–Trinajstić information content (AvgIpc) is 3.03. The van der Waals surface area contributed by atoms with Crippen molar-refractivity contribution in [2.45, 2.75) is 19.3 Å². The van der Waals surface area contributed by atoms with E-state index in [0.29, 0.717) is 18.2 Å². The maximum Gasteiger partial charge on any atom is 0.0962 e. The second-order valence-electron chi connectivity index (χ2n) is 4.47. The van der Waals surface area contributed by atoms with Gasteiger partial charge in [-0.25, -0.2) is 4.68 Å². The van der Waals surface area contributed by atoms with Crippen LogP contribution in [0.25, 0.3) is 5.69 Å². The molecular formula is C12H15N5O. The summed E-state index contributed by atoms with van der Waals surface area (Å²) in [6, 6.07) is 0. The van der Waals surface area contributed by atoms with Crippen LogP contribution in [-0.2, 0) is 4.74 Å². The highest BCUT2D eigenvalue weighted by Crippen LogP contribution is 2.33. The zero-order chi connectivity index (χ0) is 12.5. The predicted molar refractivity (Wildman–Crippen MR) is 66.5 cm³/mol. The largest absolute Gasteiger partial charge is 0.395 e. The monoisotopic (exact) mass is 245 g/mol. The minimum atomic E-state index is 0.333. The molecule has 94 valence electrons. The summed E-state index contributed by atoms with van der Waals surface area (Å²) in [5.41, 5.74) is 9.59. The molecule has 0 aromatic carbocycles. The topological polar surface area (TPSA) is 78.8 Å². The van der Waals surface area contributed by atoms with E-state index < -0.39 is 0 Å². The summed E-state index contributed by atoms with van der Waals surface area (Å²) in [6.07, 6.45) is 6.31. The number of hydrogen-bond donors (Lipinski definition) is 1. The van der Waals surface area contributed by atoms with Gasteiger partial charge in [0.05, 0.1) is 36.1 Å². The van der Waals surface area contributed by atoms with Crippen LogP contribution in [0.4, 0.5) is 5.69 Å². The van der Waals surface area contributed by atoms with Gasteiger partial charge in [-0.15, -0.1) is 5.10 Å². The van der Waals surface area contributed by atoms with Crippen LogP contribution in [0.2, 0.25) is 0 Å². The molecule has 18 heavy (non-hydrogen) atoms. The summed E-state index contributed by atoms with van der Waals surface area (Å²) in [4.78, 5) is 4.35. The lowest BCUT2D eigenvalue weighted by molar-refractivity contribution is 0.194. The van der Waals surface area contributed by atoms with Gasteiger partial charge in [0, 0.05) is 24.3 Å². The van der Waals surface area contributed by atoms with Gasteiger partial charge in [0.15, 0.2) is 0 Å². The molecule has 1 fully saturated rings. The standard InChI is InChI=1S/C12H15N5O/c1-8-11(13)12(17-4-3-15-16-17)10(6-14-8)9-2-5-18-7-9/h3-4,6,9H,2,5,7,13H2,1H3. The number of aryl methyl sites for hydroxylation is 1. The van der Waals surface area contributed by atoms with E-state index in [4.69, 9.17) is 10.5 Å². The van der Waals surface area contributed by atoms with E-state index in [1.807, 2.05) is 13.1 Å². The first-order chi connectivity index (χ1) is 8.77. The summed E-state index contributed by atoms with van der Waals surface area (Å²) in [5.74, 6) is 0.333. The number of rotatable bonds is 2. The molecule has 0 radical (unpaired) electrons. The minimum absolute atomic E-state index is 0.333. The van der Waals surface area contributed by atoms with E-state index >= 15 is 0 Å². The highest BCUT2D eigenvalue weighted by Gasteiger charge is 2.24. The van der Waals surface area contributed by atoms with Crippen molar-refractivity contribution in [3.05, 3.63) is 29.8 Å². The molecule has 0 bridgehead atoms. The van der Waals surface area contributed by atoms with Gasteiger partial charge in [-0.2, -0.15) is 0 Å². The van der Waals surface area contributed by atoms with Crippen LogP contribution in [0.3, 0.4) is 0 Å². The molecule has 1 saturated heterocycles. The molecule has 0 saturated carbocycles. The van der Waals surface area contributed by atoms with Gasteiger partial charge in [-0.1, -0.05) is 5.21 Å². The average molecular weight is 245 g/mol. The van der Waals surface area contributed by atoms with Crippen LogP contribution in [-0.4, -0.2) is 33.2 Å². The summed E-state index contributed by atoms with van der Waals surface area (Å²) in [6.45, 7) is 3.39. The number of nitrogens with two attached hydrogens (primary N) is 1. The van der Waals surface area contributed by atoms with Crippen molar-refractivity contribution >= 4 is 5.69 Å². The molecule has 2 aromatic rings. The summed E-state index contributed by atoms with van der Waals surface area (Å²) < 4.78 is 7.15. The summed E-state index contributed by atoms with van der Waals surface area (Å²) in [7, 11) is 0. The lowest BCUT2D eigenvalue weighted by Gasteiger charge is -2.16. The van der Waals surface area contributed by atoms with Crippen LogP contribution >= 0.6 is 0 Å². The van der Waals surface area contributed by atoms with E-state index in [1.165, 1.54) is 0 Å². The highest BCUT2D eigenvalue weighted by atomic mass is 16.5. The predicted octanol–water partition coefficient (Wildman–Crippen LogP) is 1.06. The first-order valence-corrected chi connectivity index (χ1v) is 5.97. The molecule has 1 atom stereocenters. The molecule has 2 aromatic heterocycles. The number of nitrogens with zero attached hydrogens (tertiary/aromatic N) is 4. The Morgan fingerprint density at radius 3 is 3.06 bits per heavy atom. The number of hydrogen-bond acceptors (Lipinski definition) is 5. The van der Waals surface area contributed by atoms with E-state index in [0.717, 1.165) is 30.0 Å². The van der Waals surface area contributed by atoms with Crippen molar-refractivity contribution in [2.75, 3.05) is 18.9 Å². The first-order valence-electron chi connectivity index (χ1n) is 5.97. The SMILES string of the molecule is Cc1ncc(C2CCOC2)c(-n2ccnn2)c1N. The molecule has 0 spiro atoms. The second-order valence-corrected chi connectivity index (χ2v) is 4.47. The van der Waals surface area contributed by atoms with E-state index in [1.54, 1.807) is 17.1 Å². The third-order valence-electron chi connectivity index (χ3n) is 3.34. The fourth-order valence-electron chi connectivity index (χ4n) is 2.29.